The fraction of sp³-hybridized carbons (Fsp3) is 0.227. The third kappa shape index (κ3) is 3.26. The molecule has 1 aromatic carbocycles. The zero-order valence-electron chi connectivity index (χ0n) is 16.4. The van der Waals surface area contributed by atoms with Crippen molar-refractivity contribution in [2.24, 2.45) is 0 Å². The molecule has 1 saturated heterocycles. The molecule has 3 heterocycles. The molecule has 8 heteroatoms. The number of hydrogen-bond donors (Lipinski definition) is 1. The van der Waals surface area contributed by atoms with Crippen LogP contribution in [0.1, 0.15) is 49.6 Å². The average molecular weight is 404 g/mol. The first-order valence-electron chi connectivity index (χ1n) is 9.53. The van der Waals surface area contributed by atoms with Crippen LogP contribution >= 0.6 is 0 Å². The van der Waals surface area contributed by atoms with E-state index in [1.807, 2.05) is 0 Å². The second-order valence-electron chi connectivity index (χ2n) is 7.34. The van der Waals surface area contributed by atoms with Gasteiger partial charge in [-0.1, -0.05) is 24.8 Å². The van der Waals surface area contributed by atoms with Crippen LogP contribution < -0.4 is 5.32 Å². The van der Waals surface area contributed by atoms with Crippen molar-refractivity contribution in [1.29, 1.82) is 0 Å². The van der Waals surface area contributed by atoms with Crippen LogP contribution in [0.3, 0.4) is 0 Å². The highest BCUT2D eigenvalue weighted by atomic mass is 16.2. The van der Waals surface area contributed by atoms with Crippen LogP contribution in [-0.2, 0) is 11.3 Å². The number of pyridine rings is 1. The molecule has 152 valence electrons. The van der Waals surface area contributed by atoms with Crippen LogP contribution in [0.25, 0.3) is 0 Å². The van der Waals surface area contributed by atoms with E-state index in [9.17, 15) is 19.2 Å². The molecule has 1 N–H and O–H groups in total. The predicted molar refractivity (Wildman–Crippen MR) is 107 cm³/mol. The quantitative estimate of drug-likeness (QED) is 0.783. The highest BCUT2D eigenvalue weighted by molar-refractivity contribution is 6.23. The summed E-state index contributed by atoms with van der Waals surface area (Å²) in [5, 5.41) is 2.61. The van der Waals surface area contributed by atoms with Gasteiger partial charge in [0.05, 0.1) is 11.1 Å². The second kappa shape index (κ2) is 7.55. The lowest BCUT2D eigenvalue weighted by Gasteiger charge is -2.29. The Hall–Kier alpha value is -3.81. The SMILES string of the molecule is C=C1CCC(N2C(=O)c3cccc(CN(C)C(=O)c4ccccn4)c3C2=O)C(=O)N1. The standard InChI is InChI=1S/C22H20N4O4/c1-13-9-10-17(19(27)24-13)26-20(28)15-7-5-6-14(18(15)22(26)30)12-25(2)21(29)16-8-3-4-11-23-16/h3-8,11,17H,1,9-10,12H2,2H3,(H,24,27). The molecule has 1 unspecified atom stereocenters. The summed E-state index contributed by atoms with van der Waals surface area (Å²) in [6.45, 7) is 3.85. The van der Waals surface area contributed by atoms with Crippen molar-refractivity contribution in [3.63, 3.8) is 0 Å². The lowest BCUT2D eigenvalue weighted by Crippen LogP contribution is -2.51. The Kier molecular flexibility index (Phi) is 4.91. The molecule has 2 aromatic rings. The van der Waals surface area contributed by atoms with Gasteiger partial charge in [-0.25, -0.2) is 0 Å². The summed E-state index contributed by atoms with van der Waals surface area (Å²) in [6, 6.07) is 9.13. The maximum Gasteiger partial charge on any atom is 0.272 e. The smallest absolute Gasteiger partial charge is 0.272 e. The molecule has 1 fully saturated rings. The van der Waals surface area contributed by atoms with Crippen LogP contribution in [0.2, 0.25) is 0 Å². The van der Waals surface area contributed by atoms with E-state index < -0.39 is 23.8 Å². The Morgan fingerprint density at radius 2 is 2.00 bits per heavy atom. The summed E-state index contributed by atoms with van der Waals surface area (Å²) in [7, 11) is 1.61. The lowest BCUT2D eigenvalue weighted by molar-refractivity contribution is -0.125. The highest BCUT2D eigenvalue weighted by Gasteiger charge is 2.44. The molecule has 0 saturated carbocycles. The Balaban J connectivity index is 1.61. The number of nitrogens with zero attached hydrogens (tertiary/aromatic N) is 3. The lowest BCUT2D eigenvalue weighted by atomic mass is 10.0. The van der Waals surface area contributed by atoms with E-state index in [2.05, 4.69) is 16.9 Å². The molecule has 30 heavy (non-hydrogen) atoms. The molecule has 0 spiro atoms. The number of aromatic nitrogens is 1. The van der Waals surface area contributed by atoms with Gasteiger partial charge in [-0.3, -0.25) is 29.1 Å². The topological polar surface area (TPSA) is 99.7 Å². The number of imide groups is 1. The molecule has 0 aliphatic carbocycles. The van der Waals surface area contributed by atoms with Gasteiger partial charge in [-0.15, -0.1) is 0 Å². The number of amides is 4. The van der Waals surface area contributed by atoms with Gasteiger partial charge < -0.3 is 10.2 Å². The molecule has 0 bridgehead atoms. The van der Waals surface area contributed by atoms with Crippen LogP contribution in [0.4, 0.5) is 0 Å². The number of rotatable bonds is 4. The second-order valence-corrected chi connectivity index (χ2v) is 7.34. The first kappa shape index (κ1) is 19.5. The highest BCUT2D eigenvalue weighted by Crippen LogP contribution is 2.31. The van der Waals surface area contributed by atoms with Crippen molar-refractivity contribution >= 4 is 23.6 Å². The zero-order chi connectivity index (χ0) is 21.4. The minimum Gasteiger partial charge on any atom is -0.336 e. The first-order valence-corrected chi connectivity index (χ1v) is 9.53. The molecule has 2 aliphatic rings. The minimum absolute atomic E-state index is 0.124. The molecule has 4 amide bonds. The van der Waals surface area contributed by atoms with Gasteiger partial charge in [0.15, 0.2) is 0 Å². The molecular formula is C22H20N4O4. The number of allylic oxidation sites excluding steroid dienone is 1. The largest absolute Gasteiger partial charge is 0.336 e. The summed E-state index contributed by atoms with van der Waals surface area (Å²) in [4.78, 5) is 57.6. The van der Waals surface area contributed by atoms with Crippen LogP contribution in [0, 0.1) is 0 Å². The van der Waals surface area contributed by atoms with Crippen molar-refractivity contribution < 1.29 is 19.2 Å². The van der Waals surface area contributed by atoms with Gasteiger partial charge >= 0.3 is 0 Å². The summed E-state index contributed by atoms with van der Waals surface area (Å²) in [5.41, 5.74) is 1.88. The van der Waals surface area contributed by atoms with Gasteiger partial charge in [0, 0.05) is 25.5 Å². The maximum absolute atomic E-state index is 13.2. The normalized spacial score (nSPS) is 18.3. The molecule has 4 rings (SSSR count). The van der Waals surface area contributed by atoms with Gasteiger partial charge in [-0.2, -0.15) is 0 Å². The van der Waals surface area contributed by atoms with Crippen molar-refractivity contribution in [2.45, 2.75) is 25.4 Å². The number of hydrogen-bond acceptors (Lipinski definition) is 5. The fourth-order valence-electron chi connectivity index (χ4n) is 3.81. The van der Waals surface area contributed by atoms with E-state index in [4.69, 9.17) is 0 Å². The maximum atomic E-state index is 13.2. The van der Waals surface area contributed by atoms with E-state index >= 15 is 0 Å². The monoisotopic (exact) mass is 404 g/mol. The Labute approximate surface area is 173 Å². The third-order valence-electron chi connectivity index (χ3n) is 5.30. The number of fused-ring (bicyclic) bond motifs is 1. The molecule has 8 nitrogen and oxygen atoms in total. The number of carbonyl (C=O) groups is 4. The molecule has 0 radical (unpaired) electrons. The summed E-state index contributed by atoms with van der Waals surface area (Å²) in [5.74, 6) is -1.73. The van der Waals surface area contributed by atoms with E-state index in [1.54, 1.807) is 43.4 Å². The van der Waals surface area contributed by atoms with Crippen LogP contribution in [0.5, 0.6) is 0 Å². The summed E-state index contributed by atoms with van der Waals surface area (Å²) in [6.07, 6.45) is 2.37. The Bertz CT molecular complexity index is 1080. The molecular weight excluding hydrogens is 384 g/mol. The van der Waals surface area contributed by atoms with Gasteiger partial charge in [0.1, 0.15) is 11.7 Å². The average Bonchev–Trinajstić information content (AvgIpc) is 2.99. The Morgan fingerprint density at radius 3 is 2.70 bits per heavy atom. The Morgan fingerprint density at radius 1 is 1.20 bits per heavy atom. The fourth-order valence-corrected chi connectivity index (χ4v) is 3.81. The van der Waals surface area contributed by atoms with Crippen molar-refractivity contribution in [2.75, 3.05) is 7.05 Å². The minimum atomic E-state index is -0.872. The van der Waals surface area contributed by atoms with E-state index in [-0.39, 0.29) is 29.3 Å². The zero-order valence-corrected chi connectivity index (χ0v) is 16.4. The third-order valence-corrected chi connectivity index (χ3v) is 5.30. The van der Waals surface area contributed by atoms with Gasteiger partial charge in [-0.05, 0) is 36.6 Å². The number of carbonyl (C=O) groups excluding carboxylic acids is 4. The number of benzene rings is 1. The van der Waals surface area contributed by atoms with Crippen molar-refractivity contribution in [3.8, 4) is 0 Å². The molecule has 2 aliphatic heterocycles. The van der Waals surface area contributed by atoms with Crippen molar-refractivity contribution in [1.82, 2.24) is 20.1 Å². The van der Waals surface area contributed by atoms with E-state index in [0.29, 0.717) is 24.1 Å². The molecule has 1 aromatic heterocycles. The summed E-state index contributed by atoms with van der Waals surface area (Å²) >= 11 is 0. The first-order chi connectivity index (χ1) is 14.4. The van der Waals surface area contributed by atoms with Crippen LogP contribution in [-0.4, -0.2) is 51.5 Å². The van der Waals surface area contributed by atoms with E-state index in [0.717, 1.165) is 4.90 Å². The van der Waals surface area contributed by atoms with Gasteiger partial charge in [0.25, 0.3) is 17.7 Å². The predicted octanol–water partition coefficient (Wildman–Crippen LogP) is 1.74. The summed E-state index contributed by atoms with van der Waals surface area (Å²) < 4.78 is 0. The number of piperidine rings is 1. The van der Waals surface area contributed by atoms with Gasteiger partial charge in [0.2, 0.25) is 5.91 Å². The van der Waals surface area contributed by atoms with Crippen LogP contribution in [0.15, 0.2) is 54.9 Å². The molecule has 1 atom stereocenters. The number of nitrogens with one attached hydrogen (secondary N) is 1. The van der Waals surface area contributed by atoms with Crippen molar-refractivity contribution in [3.05, 3.63) is 77.3 Å². The van der Waals surface area contributed by atoms with E-state index in [1.165, 1.54) is 11.1 Å².